The van der Waals surface area contributed by atoms with Crippen LogP contribution in [0, 0.1) is 5.82 Å². The van der Waals surface area contributed by atoms with Crippen LogP contribution in [0.5, 0.6) is 0 Å². The van der Waals surface area contributed by atoms with Crippen molar-refractivity contribution < 1.29 is 12.8 Å². The summed E-state index contributed by atoms with van der Waals surface area (Å²) in [6.07, 6.45) is 3.54. The number of pyridine rings is 1. The third-order valence-corrected chi connectivity index (χ3v) is 7.72. The lowest BCUT2D eigenvalue weighted by atomic mass is 9.75. The zero-order chi connectivity index (χ0) is 20.0. The normalized spacial score (nSPS) is 24.1. The van der Waals surface area contributed by atoms with E-state index in [1.54, 1.807) is 18.5 Å². The minimum absolute atomic E-state index is 0.0297. The summed E-state index contributed by atoms with van der Waals surface area (Å²) in [5, 5.41) is 3.43. The zero-order valence-electron chi connectivity index (χ0n) is 15.6. The first kappa shape index (κ1) is 18.4. The molecule has 3 aromatic rings. The highest BCUT2D eigenvalue weighted by atomic mass is 32.2. The molecule has 1 unspecified atom stereocenters. The van der Waals surface area contributed by atoms with Crippen LogP contribution in [0.1, 0.15) is 11.5 Å². The Hall–Kier alpha value is -2.61. The molecule has 0 amide bonds. The van der Waals surface area contributed by atoms with Crippen LogP contribution in [0.25, 0.3) is 11.1 Å². The molecule has 5 nitrogen and oxygen atoms in total. The second kappa shape index (κ2) is 7.02. The molecule has 2 bridgehead atoms. The van der Waals surface area contributed by atoms with Crippen molar-refractivity contribution in [3.63, 3.8) is 0 Å². The molecular formula is C22H20FN3O2S. The summed E-state index contributed by atoms with van der Waals surface area (Å²) < 4.78 is 41.2. The van der Waals surface area contributed by atoms with E-state index < -0.39 is 15.8 Å². The summed E-state index contributed by atoms with van der Waals surface area (Å²) in [5.74, 6) is -0.448. The SMILES string of the molecule is O=S(=O)(c1ccccc1F)N1C[C@@H]2N[C@H](C1)C2c1ccc(-c2ccncc2)cc1. The Bertz CT molecular complexity index is 1120. The van der Waals surface area contributed by atoms with Gasteiger partial charge in [-0.15, -0.1) is 0 Å². The molecule has 1 aromatic heterocycles. The summed E-state index contributed by atoms with van der Waals surface area (Å²) in [6, 6.07) is 18.0. The molecule has 3 atom stereocenters. The number of aromatic nitrogens is 1. The maximum absolute atomic E-state index is 14.0. The van der Waals surface area contributed by atoms with E-state index in [4.69, 9.17) is 0 Å². The Morgan fingerprint density at radius 1 is 0.897 bits per heavy atom. The van der Waals surface area contributed by atoms with E-state index in [-0.39, 0.29) is 22.9 Å². The van der Waals surface area contributed by atoms with Crippen molar-refractivity contribution >= 4 is 10.0 Å². The number of benzene rings is 2. The van der Waals surface area contributed by atoms with Crippen molar-refractivity contribution in [3.05, 3.63) is 84.4 Å². The van der Waals surface area contributed by atoms with Crippen molar-refractivity contribution in [1.29, 1.82) is 0 Å². The predicted octanol–water partition coefficient (Wildman–Crippen LogP) is 3.02. The number of nitrogens with one attached hydrogen (secondary N) is 1. The average Bonchev–Trinajstić information content (AvgIpc) is 2.75. The van der Waals surface area contributed by atoms with Crippen LogP contribution in [0.4, 0.5) is 4.39 Å². The van der Waals surface area contributed by atoms with E-state index >= 15 is 0 Å². The van der Waals surface area contributed by atoms with Gasteiger partial charge in [0, 0.05) is 43.5 Å². The first-order valence-corrected chi connectivity index (χ1v) is 11.0. The highest BCUT2D eigenvalue weighted by Crippen LogP contribution is 2.39. The Balaban J connectivity index is 1.34. The largest absolute Gasteiger partial charge is 0.307 e. The monoisotopic (exact) mass is 409 g/mol. The topological polar surface area (TPSA) is 62.3 Å². The highest BCUT2D eigenvalue weighted by molar-refractivity contribution is 7.89. The molecular weight excluding hydrogens is 389 g/mol. The molecule has 1 N–H and O–H groups in total. The van der Waals surface area contributed by atoms with Crippen molar-refractivity contribution in [2.75, 3.05) is 13.1 Å². The smallest absolute Gasteiger partial charge is 0.246 e. The van der Waals surface area contributed by atoms with Crippen LogP contribution in [-0.4, -0.2) is 42.9 Å². The minimum Gasteiger partial charge on any atom is -0.307 e. The number of sulfonamides is 1. The predicted molar refractivity (Wildman–Crippen MR) is 108 cm³/mol. The summed E-state index contributed by atoms with van der Waals surface area (Å²) in [4.78, 5) is 3.80. The van der Waals surface area contributed by atoms with E-state index in [1.165, 1.54) is 28.1 Å². The molecule has 3 aliphatic heterocycles. The number of hydrogen-bond donors (Lipinski definition) is 1. The van der Waals surface area contributed by atoms with Gasteiger partial charge in [-0.25, -0.2) is 12.8 Å². The molecule has 7 heteroatoms. The number of halogens is 1. The van der Waals surface area contributed by atoms with Crippen LogP contribution in [0.3, 0.4) is 0 Å². The summed E-state index contributed by atoms with van der Waals surface area (Å²) in [7, 11) is -3.83. The Kier molecular flexibility index (Phi) is 4.46. The van der Waals surface area contributed by atoms with Gasteiger partial charge in [0.25, 0.3) is 0 Å². The van der Waals surface area contributed by atoms with Gasteiger partial charge < -0.3 is 5.32 Å². The summed E-state index contributed by atoms with van der Waals surface area (Å²) in [6.45, 7) is 0.674. The van der Waals surface area contributed by atoms with E-state index in [0.717, 1.165) is 11.1 Å². The van der Waals surface area contributed by atoms with E-state index in [2.05, 4.69) is 34.6 Å². The van der Waals surface area contributed by atoms with Gasteiger partial charge in [-0.05, 0) is 41.0 Å². The van der Waals surface area contributed by atoms with Crippen molar-refractivity contribution in [2.24, 2.45) is 0 Å². The molecule has 0 aliphatic carbocycles. The van der Waals surface area contributed by atoms with Crippen molar-refractivity contribution in [3.8, 4) is 11.1 Å². The van der Waals surface area contributed by atoms with Gasteiger partial charge in [0.15, 0.2) is 0 Å². The molecule has 3 aliphatic rings. The van der Waals surface area contributed by atoms with E-state index in [1.807, 2.05) is 12.1 Å². The molecule has 0 radical (unpaired) electrons. The van der Waals surface area contributed by atoms with Gasteiger partial charge in [-0.2, -0.15) is 4.31 Å². The lowest BCUT2D eigenvalue weighted by Crippen LogP contribution is -2.72. The third-order valence-electron chi connectivity index (χ3n) is 5.86. The van der Waals surface area contributed by atoms with Gasteiger partial charge in [0.1, 0.15) is 10.7 Å². The first-order valence-electron chi connectivity index (χ1n) is 9.55. The van der Waals surface area contributed by atoms with Crippen LogP contribution in [0.15, 0.2) is 78.0 Å². The number of piperazine rings is 1. The van der Waals surface area contributed by atoms with Crippen LogP contribution in [0.2, 0.25) is 0 Å². The molecule has 6 rings (SSSR count). The Morgan fingerprint density at radius 2 is 1.52 bits per heavy atom. The van der Waals surface area contributed by atoms with Crippen LogP contribution in [-0.2, 0) is 10.0 Å². The number of hydrogen-bond acceptors (Lipinski definition) is 4. The number of rotatable bonds is 4. The van der Waals surface area contributed by atoms with Crippen molar-refractivity contribution in [1.82, 2.24) is 14.6 Å². The molecule has 0 saturated carbocycles. The van der Waals surface area contributed by atoms with Gasteiger partial charge in [-0.3, -0.25) is 4.98 Å². The molecule has 148 valence electrons. The fourth-order valence-electron chi connectivity index (χ4n) is 4.39. The lowest BCUT2D eigenvalue weighted by Gasteiger charge is -2.54. The molecule has 3 fully saturated rings. The van der Waals surface area contributed by atoms with Crippen LogP contribution < -0.4 is 5.32 Å². The van der Waals surface area contributed by atoms with Crippen molar-refractivity contribution in [2.45, 2.75) is 22.9 Å². The van der Waals surface area contributed by atoms with Gasteiger partial charge in [0.05, 0.1) is 0 Å². The second-order valence-corrected chi connectivity index (χ2v) is 9.42. The molecule has 4 heterocycles. The Labute approximate surface area is 169 Å². The molecule has 3 saturated heterocycles. The highest BCUT2D eigenvalue weighted by Gasteiger charge is 2.50. The third kappa shape index (κ3) is 3.15. The van der Waals surface area contributed by atoms with Gasteiger partial charge >= 0.3 is 0 Å². The molecule has 29 heavy (non-hydrogen) atoms. The van der Waals surface area contributed by atoms with E-state index in [9.17, 15) is 12.8 Å². The molecule has 2 aromatic carbocycles. The van der Waals surface area contributed by atoms with Gasteiger partial charge in [-0.1, -0.05) is 36.4 Å². The summed E-state index contributed by atoms with van der Waals surface area (Å²) >= 11 is 0. The maximum atomic E-state index is 14.0. The number of piperidine rings is 1. The van der Waals surface area contributed by atoms with Crippen LogP contribution >= 0.6 is 0 Å². The first-order chi connectivity index (χ1) is 14.0. The Morgan fingerprint density at radius 3 is 2.17 bits per heavy atom. The van der Waals surface area contributed by atoms with Gasteiger partial charge in [0.2, 0.25) is 10.0 Å². The zero-order valence-corrected chi connectivity index (χ0v) is 16.4. The second-order valence-electron chi connectivity index (χ2n) is 7.52. The number of nitrogens with zero attached hydrogens (tertiary/aromatic N) is 2. The lowest BCUT2D eigenvalue weighted by molar-refractivity contribution is 0.101. The van der Waals surface area contributed by atoms with E-state index in [0.29, 0.717) is 13.1 Å². The fourth-order valence-corrected chi connectivity index (χ4v) is 5.94. The number of fused-ring (bicyclic) bond motifs is 2. The fraction of sp³-hybridized carbons (Fsp3) is 0.227. The standard InChI is InChI=1S/C22H20FN3O2S/c23-18-3-1-2-4-21(18)29(27,28)26-13-19-22(20(14-26)25-19)17-7-5-15(6-8-17)16-9-11-24-12-10-16/h1-12,19-20,22,25H,13-14H2/t19-,20+,22?. The molecule has 0 spiro atoms. The maximum Gasteiger partial charge on any atom is 0.246 e. The quantitative estimate of drug-likeness (QED) is 0.720. The minimum atomic E-state index is -3.83. The summed E-state index contributed by atoms with van der Waals surface area (Å²) in [5.41, 5.74) is 3.43. The average molecular weight is 409 g/mol.